The van der Waals surface area contributed by atoms with Crippen molar-refractivity contribution >= 4 is 29.8 Å². The third-order valence-electron chi connectivity index (χ3n) is 3.41. The number of likely N-dealkylation sites (N-methyl/N-ethyl adjacent to an activating group) is 1. The van der Waals surface area contributed by atoms with E-state index >= 15 is 0 Å². The first-order valence-electron chi connectivity index (χ1n) is 6.36. The Morgan fingerprint density at radius 2 is 1.74 bits per heavy atom. The molecule has 0 unspecified atom stereocenters. The molecular weight excluding hydrogens is 264 g/mol. The van der Waals surface area contributed by atoms with E-state index < -0.39 is 5.91 Å². The van der Waals surface area contributed by atoms with Crippen LogP contribution in [0, 0.1) is 0 Å². The number of hydrogen-bond acceptors (Lipinski definition) is 3. The number of carbonyl (C=O) groups excluding carboxylic acids is 2. The number of amides is 1. The van der Waals surface area contributed by atoms with Crippen LogP contribution < -0.4 is 4.90 Å². The Kier molecular flexibility index (Phi) is 5.51. The van der Waals surface area contributed by atoms with Gasteiger partial charge in [0.15, 0.2) is 0 Å². The van der Waals surface area contributed by atoms with Gasteiger partial charge in [0.1, 0.15) is 0 Å². The molecule has 0 N–H and O–H groups in total. The normalized spacial score (nSPS) is 13.7. The lowest BCUT2D eigenvalue weighted by Gasteiger charge is -2.22. The van der Waals surface area contributed by atoms with Crippen LogP contribution in [0.15, 0.2) is 24.3 Å². The van der Waals surface area contributed by atoms with Crippen LogP contribution in [0.4, 0.5) is 5.69 Å². The summed E-state index contributed by atoms with van der Waals surface area (Å²) >= 11 is 0. The Bertz CT molecular complexity index is 472. The maximum absolute atomic E-state index is 11.9. The Morgan fingerprint density at radius 1 is 1.11 bits per heavy atom. The minimum absolute atomic E-state index is 0. The van der Waals surface area contributed by atoms with Crippen LogP contribution in [0.1, 0.15) is 24.2 Å². The van der Waals surface area contributed by atoms with Crippen LogP contribution in [0.25, 0.3) is 0 Å². The number of nitrogens with zero attached hydrogens (tertiary/aromatic N) is 2. The summed E-state index contributed by atoms with van der Waals surface area (Å²) in [6.45, 7) is 7.45. The Morgan fingerprint density at radius 3 is 2.37 bits per heavy atom. The fourth-order valence-corrected chi connectivity index (χ4v) is 2.25. The van der Waals surface area contributed by atoms with Crippen molar-refractivity contribution in [1.82, 2.24) is 4.90 Å². The SMILES string of the molecule is CCN(CC)CCN1C(=O)C(=O)c2ccccc21.Cl. The standard InChI is InChI=1S/C14H18N2O2.ClH/c1-3-15(4-2)9-10-16-12-8-6-5-7-11(12)13(17)14(16)18;/h5-8H,3-4,9-10H2,1-2H3;1H. The summed E-state index contributed by atoms with van der Waals surface area (Å²) in [7, 11) is 0. The molecule has 0 bridgehead atoms. The highest BCUT2D eigenvalue weighted by Gasteiger charge is 2.34. The topological polar surface area (TPSA) is 40.6 Å². The molecule has 2 rings (SSSR count). The number of benzene rings is 1. The maximum Gasteiger partial charge on any atom is 0.299 e. The summed E-state index contributed by atoms with van der Waals surface area (Å²) in [6, 6.07) is 7.19. The molecule has 1 aromatic rings. The smallest absolute Gasteiger partial charge is 0.299 e. The molecule has 1 aliphatic heterocycles. The van der Waals surface area contributed by atoms with Gasteiger partial charge in [0.05, 0.1) is 11.3 Å². The van der Waals surface area contributed by atoms with E-state index in [1.807, 2.05) is 12.1 Å². The zero-order chi connectivity index (χ0) is 13.1. The van der Waals surface area contributed by atoms with Crippen molar-refractivity contribution in [2.24, 2.45) is 0 Å². The van der Waals surface area contributed by atoms with Crippen LogP contribution >= 0.6 is 12.4 Å². The molecule has 0 aromatic heterocycles. The molecule has 1 amide bonds. The van der Waals surface area contributed by atoms with Gasteiger partial charge in [-0.05, 0) is 25.2 Å². The fourth-order valence-electron chi connectivity index (χ4n) is 2.25. The highest BCUT2D eigenvalue weighted by molar-refractivity contribution is 6.52. The van der Waals surface area contributed by atoms with Crippen LogP contribution in [-0.4, -0.2) is 42.8 Å². The van der Waals surface area contributed by atoms with Crippen molar-refractivity contribution in [3.8, 4) is 0 Å². The van der Waals surface area contributed by atoms with Gasteiger partial charge in [-0.15, -0.1) is 12.4 Å². The van der Waals surface area contributed by atoms with Crippen molar-refractivity contribution in [2.75, 3.05) is 31.1 Å². The van der Waals surface area contributed by atoms with Gasteiger partial charge in [0, 0.05) is 13.1 Å². The first-order valence-corrected chi connectivity index (χ1v) is 6.36. The van der Waals surface area contributed by atoms with Gasteiger partial charge in [0.25, 0.3) is 11.7 Å². The molecule has 4 nitrogen and oxygen atoms in total. The molecule has 0 saturated carbocycles. The summed E-state index contributed by atoms with van der Waals surface area (Å²) < 4.78 is 0. The second-order valence-corrected chi connectivity index (χ2v) is 4.33. The van der Waals surface area contributed by atoms with E-state index in [0.717, 1.165) is 25.3 Å². The van der Waals surface area contributed by atoms with Gasteiger partial charge in [-0.2, -0.15) is 0 Å². The molecule has 5 heteroatoms. The molecule has 104 valence electrons. The van der Waals surface area contributed by atoms with E-state index in [-0.39, 0.29) is 18.2 Å². The predicted molar refractivity (Wildman–Crippen MR) is 78.2 cm³/mol. The minimum Gasteiger partial charge on any atom is -0.303 e. The zero-order valence-corrected chi connectivity index (χ0v) is 12.1. The molecule has 0 aliphatic carbocycles. The molecule has 0 spiro atoms. The molecule has 0 fully saturated rings. The quantitative estimate of drug-likeness (QED) is 0.776. The van der Waals surface area contributed by atoms with Crippen LogP contribution in [0.2, 0.25) is 0 Å². The molecule has 1 aliphatic rings. The number of anilines is 1. The highest BCUT2D eigenvalue weighted by atomic mass is 35.5. The number of para-hydroxylation sites is 1. The third kappa shape index (κ3) is 2.96. The second-order valence-electron chi connectivity index (χ2n) is 4.33. The molecule has 0 atom stereocenters. The average molecular weight is 283 g/mol. The van der Waals surface area contributed by atoms with E-state index in [0.29, 0.717) is 12.1 Å². The van der Waals surface area contributed by atoms with Crippen molar-refractivity contribution in [2.45, 2.75) is 13.8 Å². The van der Waals surface area contributed by atoms with E-state index in [4.69, 9.17) is 0 Å². The number of halogens is 1. The summed E-state index contributed by atoms with van der Waals surface area (Å²) in [5.41, 5.74) is 1.28. The number of carbonyl (C=O) groups is 2. The van der Waals surface area contributed by atoms with E-state index in [1.165, 1.54) is 0 Å². The molecule has 1 heterocycles. The fraction of sp³-hybridized carbons (Fsp3) is 0.429. The monoisotopic (exact) mass is 282 g/mol. The second kappa shape index (κ2) is 6.68. The summed E-state index contributed by atoms with van der Waals surface area (Å²) in [4.78, 5) is 27.5. The average Bonchev–Trinajstić information content (AvgIpc) is 2.65. The lowest BCUT2D eigenvalue weighted by molar-refractivity contribution is -0.114. The Labute approximate surface area is 119 Å². The van der Waals surface area contributed by atoms with Crippen LogP contribution in [0.3, 0.4) is 0 Å². The van der Waals surface area contributed by atoms with Gasteiger partial charge in [0.2, 0.25) is 0 Å². The third-order valence-corrected chi connectivity index (χ3v) is 3.41. The van der Waals surface area contributed by atoms with Crippen LogP contribution in [-0.2, 0) is 4.79 Å². The summed E-state index contributed by atoms with van der Waals surface area (Å²) in [5.74, 6) is -0.784. The minimum atomic E-state index is -0.400. The first kappa shape index (κ1) is 15.7. The summed E-state index contributed by atoms with van der Waals surface area (Å²) in [6.07, 6.45) is 0. The zero-order valence-electron chi connectivity index (χ0n) is 11.3. The van der Waals surface area contributed by atoms with Crippen molar-refractivity contribution in [3.63, 3.8) is 0 Å². The molecular formula is C14H19ClN2O2. The molecule has 0 saturated heterocycles. The lowest BCUT2D eigenvalue weighted by atomic mass is 10.1. The summed E-state index contributed by atoms with van der Waals surface area (Å²) in [5, 5.41) is 0. The Balaban J connectivity index is 0.00000180. The van der Waals surface area contributed by atoms with Gasteiger partial charge in [-0.25, -0.2) is 0 Å². The van der Waals surface area contributed by atoms with Gasteiger partial charge in [-0.1, -0.05) is 26.0 Å². The van der Waals surface area contributed by atoms with E-state index in [9.17, 15) is 9.59 Å². The number of fused-ring (bicyclic) bond motifs is 1. The lowest BCUT2D eigenvalue weighted by Crippen LogP contribution is -2.38. The number of hydrogen-bond donors (Lipinski definition) is 0. The van der Waals surface area contributed by atoms with E-state index in [2.05, 4.69) is 18.7 Å². The van der Waals surface area contributed by atoms with Crippen molar-refractivity contribution < 1.29 is 9.59 Å². The van der Waals surface area contributed by atoms with Gasteiger partial charge >= 0.3 is 0 Å². The van der Waals surface area contributed by atoms with Gasteiger partial charge < -0.3 is 9.80 Å². The predicted octanol–water partition coefficient (Wildman–Crippen LogP) is 1.98. The van der Waals surface area contributed by atoms with Crippen LogP contribution in [0.5, 0.6) is 0 Å². The highest BCUT2D eigenvalue weighted by Crippen LogP contribution is 2.27. The first-order chi connectivity index (χ1) is 8.69. The molecule has 1 aromatic carbocycles. The maximum atomic E-state index is 11.9. The molecule has 0 radical (unpaired) electrons. The van der Waals surface area contributed by atoms with E-state index in [1.54, 1.807) is 17.0 Å². The molecule has 19 heavy (non-hydrogen) atoms. The van der Waals surface area contributed by atoms with Gasteiger partial charge in [-0.3, -0.25) is 9.59 Å². The number of rotatable bonds is 5. The van der Waals surface area contributed by atoms with Crippen molar-refractivity contribution in [3.05, 3.63) is 29.8 Å². The largest absolute Gasteiger partial charge is 0.303 e. The number of ketones is 1. The van der Waals surface area contributed by atoms with Crippen molar-refractivity contribution in [1.29, 1.82) is 0 Å². The Hall–Kier alpha value is -1.39. The number of Topliss-reactive ketones (excluding diaryl/α,β-unsaturated/α-hetero) is 1.